The molecule has 0 saturated carbocycles. The highest BCUT2D eigenvalue weighted by Crippen LogP contribution is 2.30. The Morgan fingerprint density at radius 1 is 1.29 bits per heavy atom. The number of rotatable bonds is 7. The Morgan fingerprint density at radius 2 is 2.16 bits per heavy atom. The number of H-pyrrole nitrogens is 1. The molecule has 0 fully saturated rings. The quantitative estimate of drug-likeness (QED) is 0.274. The molecule has 6 nitrogen and oxygen atoms in total. The van der Waals surface area contributed by atoms with Crippen LogP contribution in [0, 0.1) is 11.8 Å². The summed E-state index contributed by atoms with van der Waals surface area (Å²) in [6.07, 6.45) is 12.2. The lowest BCUT2D eigenvalue weighted by Gasteiger charge is -2.25. The Kier molecular flexibility index (Phi) is 6.44. The zero-order valence-electron chi connectivity index (χ0n) is 18.9. The van der Waals surface area contributed by atoms with Gasteiger partial charge in [-0.2, -0.15) is 10.1 Å². The molecule has 2 aromatic heterocycles. The molecule has 6 heteroatoms. The lowest BCUT2D eigenvalue weighted by Crippen LogP contribution is -2.18. The first-order chi connectivity index (χ1) is 15.0. The SMILES string of the molecule is CCc1ccc2[nH]c3nc(N/N=C\[C@@H]4CC=C(CCC=C(C)C)C[C@H]4C)nnc3c2c1. The van der Waals surface area contributed by atoms with Crippen molar-refractivity contribution in [3.05, 3.63) is 47.1 Å². The van der Waals surface area contributed by atoms with Gasteiger partial charge in [0.25, 0.3) is 5.95 Å². The van der Waals surface area contributed by atoms with Crippen molar-refractivity contribution >= 4 is 34.2 Å². The van der Waals surface area contributed by atoms with Gasteiger partial charge in [-0.3, -0.25) is 0 Å². The van der Waals surface area contributed by atoms with Crippen molar-refractivity contribution in [1.82, 2.24) is 20.2 Å². The highest BCUT2D eigenvalue weighted by atomic mass is 15.4. The first-order valence-corrected chi connectivity index (χ1v) is 11.3. The Balaban J connectivity index is 1.40. The van der Waals surface area contributed by atoms with Gasteiger partial charge >= 0.3 is 0 Å². The van der Waals surface area contributed by atoms with Crippen LogP contribution < -0.4 is 5.43 Å². The van der Waals surface area contributed by atoms with Crippen LogP contribution in [0.5, 0.6) is 0 Å². The highest BCUT2D eigenvalue weighted by molar-refractivity contribution is 6.03. The van der Waals surface area contributed by atoms with E-state index < -0.39 is 0 Å². The lowest BCUT2D eigenvalue weighted by atomic mass is 9.80. The van der Waals surface area contributed by atoms with Gasteiger partial charge in [0.1, 0.15) is 5.52 Å². The maximum Gasteiger partial charge on any atom is 0.265 e. The molecule has 0 radical (unpaired) electrons. The van der Waals surface area contributed by atoms with E-state index in [1.165, 1.54) is 17.6 Å². The van der Waals surface area contributed by atoms with Crippen LogP contribution >= 0.6 is 0 Å². The molecule has 3 aromatic rings. The predicted molar refractivity (Wildman–Crippen MR) is 129 cm³/mol. The van der Waals surface area contributed by atoms with Gasteiger partial charge in [-0.15, -0.1) is 10.2 Å². The number of fused-ring (bicyclic) bond motifs is 3. The van der Waals surface area contributed by atoms with E-state index in [4.69, 9.17) is 0 Å². The van der Waals surface area contributed by atoms with Crippen LogP contribution in [0.1, 0.15) is 58.9 Å². The summed E-state index contributed by atoms with van der Waals surface area (Å²) >= 11 is 0. The van der Waals surface area contributed by atoms with Crippen LogP contribution in [-0.2, 0) is 6.42 Å². The van der Waals surface area contributed by atoms with Gasteiger partial charge in [0, 0.05) is 23.0 Å². The van der Waals surface area contributed by atoms with Crippen molar-refractivity contribution < 1.29 is 0 Å². The number of allylic oxidation sites excluding steroid dienone is 4. The monoisotopic (exact) mass is 416 g/mol. The largest absolute Gasteiger partial charge is 0.338 e. The summed E-state index contributed by atoms with van der Waals surface area (Å²) in [4.78, 5) is 7.89. The van der Waals surface area contributed by atoms with Gasteiger partial charge in [-0.25, -0.2) is 5.43 Å². The van der Waals surface area contributed by atoms with Gasteiger partial charge in [0.15, 0.2) is 5.65 Å². The summed E-state index contributed by atoms with van der Waals surface area (Å²) in [5, 5.41) is 14.1. The van der Waals surface area contributed by atoms with Crippen molar-refractivity contribution in [1.29, 1.82) is 0 Å². The fourth-order valence-corrected chi connectivity index (χ4v) is 4.22. The van der Waals surface area contributed by atoms with Crippen molar-refractivity contribution in [3.8, 4) is 0 Å². The highest BCUT2D eigenvalue weighted by Gasteiger charge is 2.20. The fraction of sp³-hybridized carbons (Fsp3) is 0.440. The standard InChI is InChI=1S/C25H32N6/c1-5-18-10-12-22-21(14-18)23-24(27-22)28-25(31-29-23)30-26-15-20-11-9-19(13-17(20)4)8-6-7-16(2)3/h7,9-10,12,14-15,17,20H,5-6,8,11,13H2,1-4H3,(H2,27,28,30,31)/b26-15-/t17-,20+/m1/s1. The molecule has 31 heavy (non-hydrogen) atoms. The first kappa shape index (κ1) is 21.2. The summed E-state index contributed by atoms with van der Waals surface area (Å²) in [7, 11) is 0. The molecule has 1 aromatic carbocycles. The topological polar surface area (TPSA) is 78.9 Å². The Morgan fingerprint density at radius 3 is 2.94 bits per heavy atom. The van der Waals surface area contributed by atoms with Crippen LogP contribution in [0.2, 0.25) is 0 Å². The molecule has 0 amide bonds. The molecule has 162 valence electrons. The van der Waals surface area contributed by atoms with E-state index in [-0.39, 0.29) is 0 Å². The number of aromatic nitrogens is 4. The number of anilines is 1. The van der Waals surface area contributed by atoms with Gasteiger partial charge in [-0.1, -0.05) is 43.2 Å². The molecule has 1 aliphatic carbocycles. The molecule has 0 aliphatic heterocycles. The molecule has 0 spiro atoms. The number of aryl methyl sites for hydroxylation is 1. The normalized spacial score (nSPS) is 19.2. The van der Waals surface area contributed by atoms with E-state index in [2.05, 4.69) is 88.7 Å². The zero-order valence-corrected chi connectivity index (χ0v) is 18.9. The van der Waals surface area contributed by atoms with E-state index in [1.807, 2.05) is 6.21 Å². The van der Waals surface area contributed by atoms with Gasteiger partial charge in [-0.05, 0) is 69.6 Å². The number of nitrogens with zero attached hydrogens (tertiary/aromatic N) is 4. The fourth-order valence-electron chi connectivity index (χ4n) is 4.22. The molecule has 2 heterocycles. The first-order valence-electron chi connectivity index (χ1n) is 11.3. The molecule has 1 aliphatic rings. The number of benzene rings is 1. The average molecular weight is 417 g/mol. The summed E-state index contributed by atoms with van der Waals surface area (Å²) < 4.78 is 0. The number of hydrazone groups is 1. The second-order valence-corrected chi connectivity index (χ2v) is 8.84. The van der Waals surface area contributed by atoms with E-state index in [9.17, 15) is 0 Å². The predicted octanol–water partition coefficient (Wildman–Crippen LogP) is 6.19. The molecular formula is C25H32N6. The third kappa shape index (κ3) is 5.01. The summed E-state index contributed by atoms with van der Waals surface area (Å²) in [5.41, 5.74) is 9.76. The molecule has 4 rings (SSSR count). The number of aromatic amines is 1. The Hall–Kier alpha value is -3.02. The van der Waals surface area contributed by atoms with Crippen LogP contribution in [-0.4, -0.2) is 26.4 Å². The molecule has 2 N–H and O–H groups in total. The van der Waals surface area contributed by atoms with E-state index in [0.717, 1.165) is 47.8 Å². The minimum absolute atomic E-state index is 0.410. The molecule has 2 atom stereocenters. The van der Waals surface area contributed by atoms with Crippen molar-refractivity contribution in [2.45, 2.75) is 59.8 Å². The Bertz CT molecular complexity index is 1150. The Labute approximate surface area is 184 Å². The van der Waals surface area contributed by atoms with Crippen molar-refractivity contribution in [3.63, 3.8) is 0 Å². The third-order valence-corrected chi connectivity index (χ3v) is 6.13. The molecule has 0 bridgehead atoms. The van der Waals surface area contributed by atoms with Gasteiger partial charge < -0.3 is 4.98 Å². The number of nitrogens with one attached hydrogen (secondary N) is 2. The molecule has 0 saturated heterocycles. The average Bonchev–Trinajstić information content (AvgIpc) is 3.12. The van der Waals surface area contributed by atoms with Crippen LogP contribution in [0.4, 0.5) is 5.95 Å². The number of hydrogen-bond donors (Lipinski definition) is 2. The van der Waals surface area contributed by atoms with E-state index in [0.29, 0.717) is 17.8 Å². The smallest absolute Gasteiger partial charge is 0.265 e. The summed E-state index contributed by atoms with van der Waals surface area (Å²) in [5.74, 6) is 1.42. The zero-order chi connectivity index (χ0) is 21.8. The van der Waals surface area contributed by atoms with Crippen molar-refractivity contribution in [2.75, 3.05) is 5.43 Å². The van der Waals surface area contributed by atoms with Gasteiger partial charge in [0.05, 0.1) is 0 Å². The van der Waals surface area contributed by atoms with E-state index in [1.54, 1.807) is 5.57 Å². The van der Waals surface area contributed by atoms with E-state index >= 15 is 0 Å². The minimum Gasteiger partial charge on any atom is -0.338 e. The maximum atomic E-state index is 4.56. The maximum absolute atomic E-state index is 4.56. The minimum atomic E-state index is 0.410. The lowest BCUT2D eigenvalue weighted by molar-refractivity contribution is 0.431. The van der Waals surface area contributed by atoms with Crippen LogP contribution in [0.15, 0.2) is 46.6 Å². The number of hydrogen-bond acceptors (Lipinski definition) is 5. The van der Waals surface area contributed by atoms with Crippen LogP contribution in [0.25, 0.3) is 22.1 Å². The third-order valence-electron chi connectivity index (χ3n) is 6.13. The molecular weight excluding hydrogens is 384 g/mol. The van der Waals surface area contributed by atoms with Gasteiger partial charge in [0.2, 0.25) is 0 Å². The summed E-state index contributed by atoms with van der Waals surface area (Å²) in [6, 6.07) is 6.36. The summed E-state index contributed by atoms with van der Waals surface area (Å²) in [6.45, 7) is 8.78. The second kappa shape index (κ2) is 9.41. The molecule has 0 unspecified atom stereocenters. The van der Waals surface area contributed by atoms with Crippen molar-refractivity contribution in [2.24, 2.45) is 16.9 Å². The second-order valence-electron chi connectivity index (χ2n) is 8.84. The van der Waals surface area contributed by atoms with Crippen LogP contribution in [0.3, 0.4) is 0 Å².